The summed E-state index contributed by atoms with van der Waals surface area (Å²) in [7, 11) is 0. The molecule has 0 spiro atoms. The summed E-state index contributed by atoms with van der Waals surface area (Å²) >= 11 is 0. The first-order valence-corrected chi connectivity index (χ1v) is 12.1. The number of nitrogens with one attached hydrogen (secondary N) is 1. The molecule has 1 saturated heterocycles. The van der Waals surface area contributed by atoms with Crippen LogP contribution in [0.2, 0.25) is 0 Å². The van der Waals surface area contributed by atoms with Gasteiger partial charge >= 0.3 is 0 Å². The van der Waals surface area contributed by atoms with E-state index in [0.717, 1.165) is 25.1 Å². The van der Waals surface area contributed by atoms with Crippen molar-refractivity contribution in [2.24, 2.45) is 11.8 Å². The normalized spacial score (nSPS) is 17.9. The van der Waals surface area contributed by atoms with Gasteiger partial charge in [0, 0.05) is 42.7 Å². The molecule has 1 N–H and O–H groups in total. The van der Waals surface area contributed by atoms with Gasteiger partial charge < -0.3 is 14.7 Å². The fraction of sp³-hybridized carbons (Fsp3) is 0.407. The molecule has 0 aliphatic carbocycles. The number of benzene rings is 2. The number of halogens is 1. The molecule has 0 radical (unpaired) electrons. The first-order valence-electron chi connectivity index (χ1n) is 12.1. The van der Waals surface area contributed by atoms with Gasteiger partial charge in [-0.3, -0.25) is 9.59 Å². The molecule has 184 valence electrons. The Morgan fingerprint density at radius 2 is 1.83 bits per heavy atom. The van der Waals surface area contributed by atoms with Gasteiger partial charge in [0.1, 0.15) is 5.82 Å². The van der Waals surface area contributed by atoms with Crippen LogP contribution in [0.1, 0.15) is 54.9 Å². The number of nitrogens with zero attached hydrogens (tertiary/aromatic N) is 3. The lowest BCUT2D eigenvalue weighted by atomic mass is 9.91. The van der Waals surface area contributed by atoms with Gasteiger partial charge in [0.25, 0.3) is 5.91 Å². The summed E-state index contributed by atoms with van der Waals surface area (Å²) in [6, 6.07) is 11.3. The van der Waals surface area contributed by atoms with Gasteiger partial charge in [0.15, 0.2) is 0 Å². The third-order valence-corrected chi connectivity index (χ3v) is 6.28. The molecule has 1 aliphatic heterocycles. The number of amides is 2. The number of likely N-dealkylation sites (tertiary alicyclic amines) is 1. The van der Waals surface area contributed by atoms with E-state index in [1.165, 1.54) is 12.1 Å². The summed E-state index contributed by atoms with van der Waals surface area (Å²) < 4.78 is 18.3. The molecule has 2 amide bonds. The Bertz CT molecular complexity index is 1180. The number of carbonyl (C=O) groups excluding carboxylic acids is 2. The highest BCUT2D eigenvalue weighted by Crippen LogP contribution is 2.24. The molecular formula is C27H31FN4O3. The van der Waals surface area contributed by atoms with Gasteiger partial charge in [-0.2, -0.15) is 4.98 Å². The van der Waals surface area contributed by atoms with Crippen LogP contribution in [-0.2, 0) is 11.2 Å². The summed E-state index contributed by atoms with van der Waals surface area (Å²) in [5.74, 6) is 1.31. The summed E-state index contributed by atoms with van der Waals surface area (Å²) in [5, 5.41) is 6.86. The van der Waals surface area contributed by atoms with E-state index in [2.05, 4.69) is 29.3 Å². The average molecular weight is 479 g/mol. The van der Waals surface area contributed by atoms with E-state index in [-0.39, 0.29) is 24.1 Å². The Morgan fingerprint density at radius 1 is 1.11 bits per heavy atom. The van der Waals surface area contributed by atoms with E-state index in [1.807, 2.05) is 24.0 Å². The lowest BCUT2D eigenvalue weighted by molar-refractivity contribution is -0.116. The Kier molecular flexibility index (Phi) is 7.58. The Labute approximate surface area is 204 Å². The van der Waals surface area contributed by atoms with Crippen LogP contribution in [0.25, 0.3) is 11.4 Å². The third-order valence-electron chi connectivity index (χ3n) is 6.28. The van der Waals surface area contributed by atoms with Crippen LogP contribution in [0.5, 0.6) is 0 Å². The molecule has 1 aliphatic rings. The number of aromatic nitrogens is 2. The lowest BCUT2D eigenvalue weighted by Gasteiger charge is -2.35. The summed E-state index contributed by atoms with van der Waals surface area (Å²) in [6.07, 6.45) is 2.38. The van der Waals surface area contributed by atoms with Crippen molar-refractivity contribution in [3.8, 4) is 11.4 Å². The zero-order valence-electron chi connectivity index (χ0n) is 20.4. The van der Waals surface area contributed by atoms with E-state index in [1.54, 1.807) is 18.2 Å². The maximum absolute atomic E-state index is 13.1. The van der Waals surface area contributed by atoms with Gasteiger partial charge in [-0.05, 0) is 73.6 Å². The molecule has 7 nitrogen and oxygen atoms in total. The van der Waals surface area contributed by atoms with Crippen LogP contribution >= 0.6 is 0 Å². The van der Waals surface area contributed by atoms with Crippen molar-refractivity contribution in [2.45, 2.75) is 46.5 Å². The molecule has 2 unspecified atom stereocenters. The lowest BCUT2D eigenvalue weighted by Crippen LogP contribution is -2.42. The SMILES string of the molecule is Cc1ccc(C(=O)N2CC(C)CC(C)C2)cc1NC(=O)CCCc1nc(-c2ccc(F)cc2)no1. The van der Waals surface area contributed by atoms with Crippen LogP contribution < -0.4 is 5.32 Å². The average Bonchev–Trinajstić information content (AvgIpc) is 3.29. The fourth-order valence-electron chi connectivity index (χ4n) is 4.59. The standard InChI is InChI=1S/C27H31FN4O3/c1-17-13-18(2)16-32(15-17)27(34)21-8-7-19(3)23(14-21)29-24(33)5-4-6-25-30-26(31-35-25)20-9-11-22(28)12-10-20/h7-12,14,17-18H,4-6,13,15-16H2,1-3H3,(H,29,33). The largest absolute Gasteiger partial charge is 0.339 e. The minimum Gasteiger partial charge on any atom is -0.339 e. The summed E-state index contributed by atoms with van der Waals surface area (Å²) in [6.45, 7) is 7.78. The van der Waals surface area contributed by atoms with Gasteiger partial charge in [0.05, 0.1) is 0 Å². The van der Waals surface area contributed by atoms with E-state index >= 15 is 0 Å². The van der Waals surface area contributed by atoms with Gasteiger partial charge in [-0.15, -0.1) is 0 Å². The van der Waals surface area contributed by atoms with Crippen molar-refractivity contribution in [1.29, 1.82) is 0 Å². The molecule has 8 heteroatoms. The van der Waals surface area contributed by atoms with Crippen molar-refractivity contribution in [1.82, 2.24) is 15.0 Å². The number of aryl methyl sites for hydroxylation is 2. The molecule has 0 saturated carbocycles. The van der Waals surface area contributed by atoms with Gasteiger partial charge in [0.2, 0.25) is 17.6 Å². The molecule has 2 aromatic carbocycles. The van der Waals surface area contributed by atoms with E-state index in [9.17, 15) is 14.0 Å². The quantitative estimate of drug-likeness (QED) is 0.500. The highest BCUT2D eigenvalue weighted by Gasteiger charge is 2.26. The summed E-state index contributed by atoms with van der Waals surface area (Å²) in [4.78, 5) is 31.9. The molecule has 35 heavy (non-hydrogen) atoms. The molecular weight excluding hydrogens is 447 g/mol. The molecule has 2 atom stereocenters. The summed E-state index contributed by atoms with van der Waals surface area (Å²) in [5.41, 5.74) is 2.80. The predicted octanol–water partition coefficient (Wildman–Crippen LogP) is 5.26. The van der Waals surface area contributed by atoms with E-state index in [4.69, 9.17) is 4.52 Å². The second-order valence-electron chi connectivity index (χ2n) is 9.61. The molecule has 3 aromatic rings. The number of hydrogen-bond donors (Lipinski definition) is 1. The van der Waals surface area contributed by atoms with Crippen LogP contribution in [0.3, 0.4) is 0 Å². The number of rotatable bonds is 7. The van der Waals surface area contributed by atoms with Gasteiger partial charge in [-0.25, -0.2) is 4.39 Å². The smallest absolute Gasteiger partial charge is 0.253 e. The third kappa shape index (κ3) is 6.32. The Balaban J connectivity index is 1.31. The van der Waals surface area contributed by atoms with E-state index < -0.39 is 0 Å². The zero-order chi connectivity index (χ0) is 24.9. The van der Waals surface area contributed by atoms with Crippen molar-refractivity contribution in [2.75, 3.05) is 18.4 Å². The first-order chi connectivity index (χ1) is 16.8. The predicted molar refractivity (Wildman–Crippen MR) is 131 cm³/mol. The molecule has 1 fully saturated rings. The van der Waals surface area contributed by atoms with E-state index in [0.29, 0.717) is 53.2 Å². The molecule has 4 rings (SSSR count). The second kappa shape index (κ2) is 10.8. The topological polar surface area (TPSA) is 88.3 Å². The first kappa shape index (κ1) is 24.6. The Hall–Kier alpha value is -3.55. The van der Waals surface area contributed by atoms with Crippen molar-refractivity contribution < 1.29 is 18.5 Å². The van der Waals surface area contributed by atoms with Crippen molar-refractivity contribution in [3.63, 3.8) is 0 Å². The number of carbonyl (C=O) groups is 2. The van der Waals surface area contributed by atoms with Crippen LogP contribution in [0, 0.1) is 24.6 Å². The van der Waals surface area contributed by atoms with Crippen LogP contribution in [-0.4, -0.2) is 39.9 Å². The van der Waals surface area contributed by atoms with Gasteiger partial charge in [-0.1, -0.05) is 25.1 Å². The number of anilines is 1. The molecule has 1 aromatic heterocycles. The maximum Gasteiger partial charge on any atom is 0.253 e. The Morgan fingerprint density at radius 3 is 2.54 bits per heavy atom. The van der Waals surface area contributed by atoms with Crippen LogP contribution in [0.4, 0.5) is 10.1 Å². The zero-order valence-corrected chi connectivity index (χ0v) is 20.4. The maximum atomic E-state index is 13.1. The minimum atomic E-state index is -0.329. The highest BCUT2D eigenvalue weighted by atomic mass is 19.1. The minimum absolute atomic E-state index is 0.00671. The second-order valence-corrected chi connectivity index (χ2v) is 9.61. The monoisotopic (exact) mass is 478 g/mol. The van der Waals surface area contributed by atoms with Crippen LogP contribution in [0.15, 0.2) is 47.0 Å². The molecule has 2 heterocycles. The highest BCUT2D eigenvalue weighted by molar-refractivity contribution is 5.97. The van der Waals surface area contributed by atoms with Crippen molar-refractivity contribution in [3.05, 3.63) is 65.3 Å². The fourth-order valence-corrected chi connectivity index (χ4v) is 4.59. The van der Waals surface area contributed by atoms with Crippen molar-refractivity contribution >= 4 is 17.5 Å². The number of piperidine rings is 1. The molecule has 0 bridgehead atoms. The number of hydrogen-bond acceptors (Lipinski definition) is 5.